The van der Waals surface area contributed by atoms with Crippen LogP contribution in [-0.2, 0) is 4.79 Å². The Morgan fingerprint density at radius 1 is 1.09 bits per heavy atom. The lowest BCUT2D eigenvalue weighted by molar-refractivity contribution is -0.116. The average Bonchev–Trinajstić information content (AvgIpc) is 3.60. The Bertz CT molecular complexity index is 1290. The van der Waals surface area contributed by atoms with Crippen molar-refractivity contribution < 1.29 is 9.21 Å². The molecule has 0 bridgehead atoms. The summed E-state index contributed by atoms with van der Waals surface area (Å²) in [7, 11) is 0. The third kappa shape index (κ3) is 4.79. The van der Waals surface area contributed by atoms with Gasteiger partial charge in [-0.2, -0.15) is 9.78 Å². The van der Waals surface area contributed by atoms with E-state index in [1.165, 1.54) is 36.4 Å². The van der Waals surface area contributed by atoms with Crippen LogP contribution in [0.15, 0.2) is 70.1 Å². The lowest BCUT2D eigenvalue weighted by atomic mass is 10.0. The van der Waals surface area contributed by atoms with Crippen molar-refractivity contribution in [2.24, 2.45) is 5.92 Å². The van der Waals surface area contributed by atoms with E-state index >= 15 is 0 Å². The van der Waals surface area contributed by atoms with E-state index in [9.17, 15) is 9.59 Å². The van der Waals surface area contributed by atoms with Crippen LogP contribution in [0, 0.1) is 5.92 Å². The number of anilines is 1. The number of carbonyl (C=O) groups is 1. The van der Waals surface area contributed by atoms with Crippen molar-refractivity contribution in [3.05, 3.63) is 71.2 Å². The molecule has 0 unspecified atom stereocenters. The minimum Gasteiger partial charge on any atom is -0.463 e. The van der Waals surface area contributed by atoms with Crippen LogP contribution in [0.25, 0.3) is 28.7 Å². The molecule has 8 nitrogen and oxygen atoms in total. The number of benzene rings is 1. The maximum atomic E-state index is 12.7. The minimum atomic E-state index is -0.313. The number of H-pyrrole nitrogens is 1. The first-order valence-electron chi connectivity index (χ1n) is 11.3. The summed E-state index contributed by atoms with van der Waals surface area (Å²) in [5.74, 6) is 1.73. The minimum absolute atomic E-state index is 0.0874. The standard InChI is InChI=1S/C25H25N5O3/c31-23(13-12-17-7-4-5-8-17)27-22-15-20(21-11-6-14-33-21)29-30(22)25-26-19(16-24(32)28-25)18-9-2-1-3-10-18/h1-3,6,9-11,14-17H,4-5,7-8,12-13H2,(H,27,31)(H,26,28,32). The molecule has 1 saturated carbocycles. The van der Waals surface area contributed by atoms with Crippen molar-refractivity contribution in [3.63, 3.8) is 0 Å². The number of carbonyl (C=O) groups excluding carboxylic acids is 1. The lowest BCUT2D eigenvalue weighted by Gasteiger charge is -2.11. The monoisotopic (exact) mass is 443 g/mol. The highest BCUT2D eigenvalue weighted by Crippen LogP contribution is 2.29. The largest absolute Gasteiger partial charge is 0.463 e. The highest BCUT2D eigenvalue weighted by Gasteiger charge is 2.20. The first-order chi connectivity index (χ1) is 16.2. The van der Waals surface area contributed by atoms with Crippen molar-refractivity contribution in [2.45, 2.75) is 38.5 Å². The van der Waals surface area contributed by atoms with Gasteiger partial charge in [-0.1, -0.05) is 56.0 Å². The molecular weight excluding hydrogens is 418 g/mol. The van der Waals surface area contributed by atoms with Crippen LogP contribution in [0.4, 0.5) is 5.82 Å². The molecule has 0 atom stereocenters. The first kappa shape index (κ1) is 20.9. The van der Waals surface area contributed by atoms with Gasteiger partial charge in [-0.25, -0.2) is 4.98 Å². The van der Waals surface area contributed by atoms with E-state index in [0.717, 1.165) is 12.0 Å². The van der Waals surface area contributed by atoms with Gasteiger partial charge in [0.15, 0.2) is 5.76 Å². The van der Waals surface area contributed by atoms with Crippen LogP contribution in [0.3, 0.4) is 0 Å². The fraction of sp³-hybridized carbons (Fsp3) is 0.280. The van der Waals surface area contributed by atoms with E-state index in [-0.39, 0.29) is 17.4 Å². The molecule has 0 spiro atoms. The fourth-order valence-electron chi connectivity index (χ4n) is 4.32. The number of aromatic nitrogens is 4. The van der Waals surface area contributed by atoms with Crippen molar-refractivity contribution in [1.29, 1.82) is 0 Å². The summed E-state index contributed by atoms with van der Waals surface area (Å²) in [6, 6.07) is 16.2. The number of nitrogens with zero attached hydrogens (tertiary/aromatic N) is 3. The predicted molar refractivity (Wildman–Crippen MR) is 125 cm³/mol. The molecule has 1 aromatic carbocycles. The number of furan rings is 1. The molecule has 3 aromatic heterocycles. The summed E-state index contributed by atoms with van der Waals surface area (Å²) < 4.78 is 6.92. The van der Waals surface area contributed by atoms with Gasteiger partial charge in [-0.3, -0.25) is 14.6 Å². The topological polar surface area (TPSA) is 106 Å². The lowest BCUT2D eigenvalue weighted by Crippen LogP contribution is -2.19. The SMILES string of the molecule is O=C(CCC1CCCC1)Nc1cc(-c2ccco2)nn1-c1nc(-c2ccccc2)cc(=O)[nH]1. The summed E-state index contributed by atoms with van der Waals surface area (Å²) in [5.41, 5.74) is 1.54. The third-order valence-electron chi connectivity index (χ3n) is 6.00. The van der Waals surface area contributed by atoms with Gasteiger partial charge in [0.2, 0.25) is 11.9 Å². The van der Waals surface area contributed by atoms with E-state index in [2.05, 4.69) is 20.4 Å². The Labute approximate surface area is 190 Å². The molecule has 4 aromatic rings. The maximum absolute atomic E-state index is 12.7. The van der Waals surface area contributed by atoms with Crippen LogP contribution in [0.2, 0.25) is 0 Å². The zero-order valence-electron chi connectivity index (χ0n) is 18.2. The molecule has 8 heteroatoms. The Morgan fingerprint density at radius 2 is 1.91 bits per heavy atom. The number of hydrogen-bond donors (Lipinski definition) is 2. The fourth-order valence-corrected chi connectivity index (χ4v) is 4.32. The van der Waals surface area contributed by atoms with E-state index in [4.69, 9.17) is 4.42 Å². The summed E-state index contributed by atoms with van der Waals surface area (Å²) in [6.07, 6.45) is 7.79. The van der Waals surface area contributed by atoms with E-state index < -0.39 is 0 Å². The summed E-state index contributed by atoms with van der Waals surface area (Å²) in [4.78, 5) is 32.5. The molecule has 3 heterocycles. The molecule has 1 aliphatic carbocycles. The highest BCUT2D eigenvalue weighted by molar-refractivity contribution is 5.90. The normalized spacial score (nSPS) is 13.9. The molecule has 168 valence electrons. The van der Waals surface area contributed by atoms with Crippen LogP contribution in [-0.4, -0.2) is 25.7 Å². The van der Waals surface area contributed by atoms with Crippen molar-refractivity contribution in [1.82, 2.24) is 19.7 Å². The van der Waals surface area contributed by atoms with E-state index in [0.29, 0.717) is 35.3 Å². The molecule has 0 radical (unpaired) electrons. The van der Waals surface area contributed by atoms with Crippen molar-refractivity contribution in [2.75, 3.05) is 5.32 Å². The number of amides is 1. The van der Waals surface area contributed by atoms with Gasteiger partial charge in [0.05, 0.1) is 12.0 Å². The number of hydrogen-bond acceptors (Lipinski definition) is 5. The molecule has 1 amide bonds. The molecule has 33 heavy (non-hydrogen) atoms. The maximum Gasteiger partial charge on any atom is 0.252 e. The second-order valence-electron chi connectivity index (χ2n) is 8.36. The number of aromatic amines is 1. The summed E-state index contributed by atoms with van der Waals surface area (Å²) in [5, 5.41) is 7.52. The predicted octanol–water partition coefficient (Wildman–Crippen LogP) is 4.79. The summed E-state index contributed by atoms with van der Waals surface area (Å²) >= 11 is 0. The van der Waals surface area contributed by atoms with E-state index in [1.54, 1.807) is 24.5 Å². The summed E-state index contributed by atoms with van der Waals surface area (Å²) in [6.45, 7) is 0. The van der Waals surface area contributed by atoms with Crippen LogP contribution in [0.1, 0.15) is 38.5 Å². The first-order valence-corrected chi connectivity index (χ1v) is 11.3. The average molecular weight is 444 g/mol. The van der Waals surface area contributed by atoms with Gasteiger partial charge in [-0.15, -0.1) is 0 Å². The molecule has 0 aliphatic heterocycles. The zero-order chi connectivity index (χ0) is 22.6. The Balaban J connectivity index is 1.48. The second-order valence-corrected chi connectivity index (χ2v) is 8.36. The number of rotatable bonds is 7. The van der Waals surface area contributed by atoms with Crippen LogP contribution in [0.5, 0.6) is 0 Å². The number of nitrogens with one attached hydrogen (secondary N) is 2. The second kappa shape index (κ2) is 9.28. The molecular formula is C25H25N5O3. The van der Waals surface area contributed by atoms with Gasteiger partial charge in [-0.05, 0) is 24.5 Å². The van der Waals surface area contributed by atoms with Gasteiger partial charge in [0, 0.05) is 24.1 Å². The Morgan fingerprint density at radius 3 is 2.67 bits per heavy atom. The highest BCUT2D eigenvalue weighted by atomic mass is 16.3. The third-order valence-corrected chi connectivity index (χ3v) is 6.00. The Hall–Kier alpha value is -3.94. The van der Waals surface area contributed by atoms with Gasteiger partial charge < -0.3 is 9.73 Å². The van der Waals surface area contributed by atoms with Gasteiger partial charge in [0.25, 0.3) is 5.56 Å². The zero-order valence-corrected chi connectivity index (χ0v) is 18.2. The van der Waals surface area contributed by atoms with E-state index in [1.807, 2.05) is 30.3 Å². The van der Waals surface area contributed by atoms with Crippen molar-refractivity contribution >= 4 is 11.7 Å². The Kier molecular flexibility index (Phi) is 5.89. The molecule has 1 fully saturated rings. The quantitative estimate of drug-likeness (QED) is 0.427. The smallest absolute Gasteiger partial charge is 0.252 e. The molecule has 5 rings (SSSR count). The van der Waals surface area contributed by atoms with Gasteiger partial charge >= 0.3 is 0 Å². The molecule has 1 aliphatic rings. The van der Waals surface area contributed by atoms with Crippen molar-refractivity contribution in [3.8, 4) is 28.7 Å². The van der Waals surface area contributed by atoms with Gasteiger partial charge in [0.1, 0.15) is 11.5 Å². The molecule has 0 saturated heterocycles. The van der Waals surface area contributed by atoms with Crippen LogP contribution >= 0.6 is 0 Å². The van der Waals surface area contributed by atoms with Crippen LogP contribution < -0.4 is 10.9 Å². The molecule has 2 N–H and O–H groups in total.